The second kappa shape index (κ2) is 4.70. The first-order valence-electron chi connectivity index (χ1n) is 4.31. The molecule has 3 nitrogen and oxygen atoms in total. The van der Waals surface area contributed by atoms with Gasteiger partial charge in [-0.1, -0.05) is 13.3 Å². The molecular weight excluding hydrogens is 142 g/mol. The van der Waals surface area contributed by atoms with Gasteiger partial charge < -0.3 is 15.2 Å². The first-order valence-corrected chi connectivity index (χ1v) is 4.31. The van der Waals surface area contributed by atoms with Crippen LogP contribution >= 0.6 is 0 Å². The molecule has 11 heavy (non-hydrogen) atoms. The Hall–Kier alpha value is -0.120. The minimum absolute atomic E-state index is 0.153. The molecule has 0 saturated carbocycles. The van der Waals surface area contributed by atoms with E-state index in [0.29, 0.717) is 12.6 Å². The second-order valence-corrected chi connectivity index (χ2v) is 3.07. The summed E-state index contributed by atoms with van der Waals surface area (Å²) in [4.78, 5) is 0. The van der Waals surface area contributed by atoms with Crippen molar-refractivity contribution in [1.82, 2.24) is 5.32 Å². The molecule has 3 heteroatoms. The first kappa shape index (κ1) is 8.97. The minimum Gasteiger partial charge on any atom is -0.395 e. The Morgan fingerprint density at radius 2 is 2.18 bits per heavy atom. The van der Waals surface area contributed by atoms with Crippen LogP contribution in [0.4, 0.5) is 0 Å². The summed E-state index contributed by atoms with van der Waals surface area (Å²) in [6.07, 6.45) is 2.30. The molecule has 1 aliphatic rings. The summed E-state index contributed by atoms with van der Waals surface area (Å²) in [6.45, 7) is 3.78. The lowest BCUT2D eigenvalue weighted by molar-refractivity contribution is 0.0247. The molecule has 0 aromatic rings. The van der Waals surface area contributed by atoms with E-state index in [1.54, 1.807) is 0 Å². The lowest BCUT2D eigenvalue weighted by Gasteiger charge is -2.29. The standard InChI is InChI=1S/C8H17NO2/c1-2-3-7-5-11-6-8(4-10)9-7/h7-10H,2-6H2,1H3. The largest absolute Gasteiger partial charge is 0.395 e. The molecule has 1 fully saturated rings. The van der Waals surface area contributed by atoms with Crippen LogP contribution in [-0.2, 0) is 4.74 Å². The Morgan fingerprint density at radius 1 is 1.45 bits per heavy atom. The Labute approximate surface area is 67.7 Å². The molecular formula is C8H17NO2. The molecule has 1 rings (SSSR count). The van der Waals surface area contributed by atoms with E-state index >= 15 is 0 Å². The minimum atomic E-state index is 0.153. The highest BCUT2D eigenvalue weighted by Crippen LogP contribution is 2.04. The van der Waals surface area contributed by atoms with Gasteiger partial charge in [0.05, 0.1) is 25.9 Å². The highest BCUT2D eigenvalue weighted by atomic mass is 16.5. The van der Waals surface area contributed by atoms with Crippen LogP contribution in [0.2, 0.25) is 0 Å². The van der Waals surface area contributed by atoms with Gasteiger partial charge in [-0.05, 0) is 6.42 Å². The van der Waals surface area contributed by atoms with Crippen LogP contribution in [0.3, 0.4) is 0 Å². The maximum atomic E-state index is 8.83. The van der Waals surface area contributed by atoms with Gasteiger partial charge in [0.2, 0.25) is 0 Å². The van der Waals surface area contributed by atoms with Crippen LogP contribution in [-0.4, -0.2) is 37.0 Å². The number of ether oxygens (including phenoxy) is 1. The van der Waals surface area contributed by atoms with Gasteiger partial charge in [0.25, 0.3) is 0 Å². The molecule has 0 amide bonds. The molecule has 1 aliphatic heterocycles. The van der Waals surface area contributed by atoms with Gasteiger partial charge in [0.15, 0.2) is 0 Å². The molecule has 0 aromatic carbocycles. The van der Waals surface area contributed by atoms with E-state index < -0.39 is 0 Å². The monoisotopic (exact) mass is 159 g/mol. The van der Waals surface area contributed by atoms with Crippen LogP contribution in [0.5, 0.6) is 0 Å². The van der Waals surface area contributed by atoms with Gasteiger partial charge in [0.1, 0.15) is 0 Å². The van der Waals surface area contributed by atoms with E-state index in [1.165, 1.54) is 6.42 Å². The molecule has 2 atom stereocenters. The lowest BCUT2D eigenvalue weighted by Crippen LogP contribution is -2.50. The van der Waals surface area contributed by atoms with E-state index in [4.69, 9.17) is 9.84 Å². The highest BCUT2D eigenvalue weighted by molar-refractivity contribution is 4.77. The van der Waals surface area contributed by atoms with Crippen LogP contribution < -0.4 is 5.32 Å². The summed E-state index contributed by atoms with van der Waals surface area (Å²) in [7, 11) is 0. The summed E-state index contributed by atoms with van der Waals surface area (Å²) < 4.78 is 5.32. The SMILES string of the molecule is CCCC1COCC(CO)N1. The summed E-state index contributed by atoms with van der Waals surface area (Å²) in [6, 6.07) is 0.603. The number of aliphatic hydroxyl groups excluding tert-OH is 1. The van der Waals surface area contributed by atoms with Crippen molar-refractivity contribution in [2.75, 3.05) is 19.8 Å². The van der Waals surface area contributed by atoms with Crippen molar-refractivity contribution in [3.63, 3.8) is 0 Å². The quantitative estimate of drug-likeness (QED) is 0.615. The summed E-state index contributed by atoms with van der Waals surface area (Å²) >= 11 is 0. The van der Waals surface area contributed by atoms with E-state index in [1.807, 2.05) is 0 Å². The van der Waals surface area contributed by atoms with Crippen molar-refractivity contribution >= 4 is 0 Å². The van der Waals surface area contributed by atoms with E-state index in [2.05, 4.69) is 12.2 Å². The van der Waals surface area contributed by atoms with Crippen molar-refractivity contribution < 1.29 is 9.84 Å². The van der Waals surface area contributed by atoms with E-state index in [0.717, 1.165) is 13.0 Å². The number of morpholine rings is 1. The predicted octanol–water partition coefficient (Wildman–Crippen LogP) is 0.136. The molecule has 1 saturated heterocycles. The van der Waals surface area contributed by atoms with Gasteiger partial charge in [0, 0.05) is 6.04 Å². The van der Waals surface area contributed by atoms with Gasteiger partial charge in [-0.3, -0.25) is 0 Å². The van der Waals surface area contributed by atoms with Gasteiger partial charge in [-0.25, -0.2) is 0 Å². The summed E-state index contributed by atoms with van der Waals surface area (Å²) in [5.41, 5.74) is 0. The van der Waals surface area contributed by atoms with Crippen molar-refractivity contribution in [2.24, 2.45) is 0 Å². The zero-order chi connectivity index (χ0) is 8.10. The molecule has 0 aromatic heterocycles. The van der Waals surface area contributed by atoms with Crippen LogP contribution in [0, 0.1) is 0 Å². The molecule has 0 bridgehead atoms. The molecule has 2 unspecified atom stereocenters. The maximum absolute atomic E-state index is 8.83. The van der Waals surface area contributed by atoms with Crippen molar-refractivity contribution in [1.29, 1.82) is 0 Å². The zero-order valence-electron chi connectivity index (χ0n) is 7.05. The average molecular weight is 159 g/mol. The zero-order valence-corrected chi connectivity index (χ0v) is 7.05. The molecule has 1 heterocycles. The number of nitrogens with one attached hydrogen (secondary N) is 1. The Kier molecular flexibility index (Phi) is 3.83. The third-order valence-corrected chi connectivity index (χ3v) is 1.97. The Morgan fingerprint density at radius 3 is 2.82 bits per heavy atom. The third kappa shape index (κ3) is 2.77. The third-order valence-electron chi connectivity index (χ3n) is 1.97. The van der Waals surface area contributed by atoms with Crippen LogP contribution in [0.15, 0.2) is 0 Å². The van der Waals surface area contributed by atoms with E-state index in [-0.39, 0.29) is 12.6 Å². The van der Waals surface area contributed by atoms with E-state index in [9.17, 15) is 0 Å². The number of aliphatic hydroxyl groups is 1. The van der Waals surface area contributed by atoms with Gasteiger partial charge in [-0.2, -0.15) is 0 Å². The average Bonchev–Trinajstić information content (AvgIpc) is 2.06. The van der Waals surface area contributed by atoms with Gasteiger partial charge >= 0.3 is 0 Å². The van der Waals surface area contributed by atoms with Crippen molar-refractivity contribution in [3.8, 4) is 0 Å². The fraction of sp³-hybridized carbons (Fsp3) is 1.00. The number of hydrogen-bond donors (Lipinski definition) is 2. The smallest absolute Gasteiger partial charge is 0.0642 e. The summed E-state index contributed by atoms with van der Waals surface area (Å²) in [5.74, 6) is 0. The van der Waals surface area contributed by atoms with Crippen molar-refractivity contribution in [2.45, 2.75) is 31.8 Å². The normalized spacial score (nSPS) is 32.2. The summed E-state index contributed by atoms with van der Waals surface area (Å²) in [5, 5.41) is 12.2. The number of rotatable bonds is 3. The number of hydrogen-bond acceptors (Lipinski definition) is 3. The van der Waals surface area contributed by atoms with Crippen LogP contribution in [0.25, 0.3) is 0 Å². The van der Waals surface area contributed by atoms with Crippen molar-refractivity contribution in [3.05, 3.63) is 0 Å². The second-order valence-electron chi connectivity index (χ2n) is 3.07. The predicted molar refractivity (Wildman–Crippen MR) is 43.5 cm³/mol. The fourth-order valence-electron chi connectivity index (χ4n) is 1.40. The highest BCUT2D eigenvalue weighted by Gasteiger charge is 2.19. The molecule has 66 valence electrons. The topological polar surface area (TPSA) is 41.5 Å². The molecule has 2 N–H and O–H groups in total. The lowest BCUT2D eigenvalue weighted by atomic mass is 10.1. The Balaban J connectivity index is 2.21. The fourth-order valence-corrected chi connectivity index (χ4v) is 1.40. The van der Waals surface area contributed by atoms with Gasteiger partial charge in [-0.15, -0.1) is 0 Å². The molecule has 0 aliphatic carbocycles. The maximum Gasteiger partial charge on any atom is 0.0642 e. The Bertz CT molecular complexity index is 106. The van der Waals surface area contributed by atoms with Crippen LogP contribution in [0.1, 0.15) is 19.8 Å². The molecule has 0 spiro atoms. The first-order chi connectivity index (χ1) is 5.36. The molecule has 0 radical (unpaired) electrons.